The fraction of sp³-hybridized carbons (Fsp3) is 0.625. The van der Waals surface area contributed by atoms with Gasteiger partial charge >= 0.3 is 17.9 Å². The summed E-state index contributed by atoms with van der Waals surface area (Å²) in [7, 11) is 0. The molecule has 0 aliphatic heterocycles. The SMILES string of the molecule is N[C@@H](CCC(=O)N[C@@H](CSN=O)C(=O)N[C@@H](CCC(=O)N[C@@H](CSN=O)C(=O)O)C(=O)O)C(=O)O. The molecular weight excluding hydrogens is 516 g/mol. The average molecular weight is 541 g/mol. The van der Waals surface area contributed by atoms with E-state index < -0.39 is 72.6 Å². The summed E-state index contributed by atoms with van der Waals surface area (Å²) >= 11 is 0.727. The number of carboxylic acids is 3. The largest absolute Gasteiger partial charge is 0.480 e. The van der Waals surface area contributed by atoms with Gasteiger partial charge in [-0.15, -0.1) is 9.81 Å². The molecule has 0 bridgehead atoms. The van der Waals surface area contributed by atoms with Crippen LogP contribution in [0.3, 0.4) is 0 Å². The van der Waals surface area contributed by atoms with Crippen LogP contribution in [0, 0.1) is 9.81 Å². The topological polar surface area (TPSA) is 284 Å². The quantitative estimate of drug-likeness (QED) is 0.0718. The molecule has 0 aromatic rings. The van der Waals surface area contributed by atoms with E-state index in [0.717, 1.165) is 0 Å². The normalized spacial score (nSPS) is 13.9. The minimum absolute atomic E-state index is 0.250. The van der Waals surface area contributed by atoms with Crippen molar-refractivity contribution in [1.29, 1.82) is 0 Å². The first-order valence-electron chi connectivity index (χ1n) is 9.65. The Hall–Kier alpha value is -3.32. The van der Waals surface area contributed by atoms with E-state index in [1.807, 2.05) is 0 Å². The smallest absolute Gasteiger partial charge is 0.327 e. The Labute approximate surface area is 205 Å². The summed E-state index contributed by atoms with van der Waals surface area (Å²) in [5.74, 6) is -7.74. The fourth-order valence-corrected chi connectivity index (χ4v) is 3.20. The molecule has 0 aromatic heterocycles. The molecule has 0 heterocycles. The van der Waals surface area contributed by atoms with Crippen molar-refractivity contribution in [2.45, 2.75) is 49.9 Å². The van der Waals surface area contributed by atoms with Crippen LogP contribution in [0.2, 0.25) is 0 Å². The van der Waals surface area contributed by atoms with Crippen LogP contribution >= 0.6 is 23.9 Å². The molecule has 0 radical (unpaired) electrons. The Balaban J connectivity index is 5.04. The molecular formula is C16H24N6O11S2. The maximum Gasteiger partial charge on any atom is 0.327 e. The van der Waals surface area contributed by atoms with Gasteiger partial charge in [-0.2, -0.15) is 0 Å². The molecule has 35 heavy (non-hydrogen) atoms. The molecule has 19 heteroatoms. The van der Waals surface area contributed by atoms with Crippen molar-refractivity contribution in [3.8, 4) is 0 Å². The van der Waals surface area contributed by atoms with Crippen LogP contribution in [0.25, 0.3) is 0 Å². The van der Waals surface area contributed by atoms with Gasteiger partial charge in [-0.3, -0.25) is 19.2 Å². The van der Waals surface area contributed by atoms with E-state index in [0.29, 0.717) is 23.9 Å². The first-order chi connectivity index (χ1) is 16.4. The number of hydrogen-bond acceptors (Lipinski definition) is 13. The molecule has 3 amide bonds. The van der Waals surface area contributed by atoms with E-state index >= 15 is 0 Å². The highest BCUT2D eigenvalue weighted by Gasteiger charge is 2.28. The summed E-state index contributed by atoms with van der Waals surface area (Å²) in [5, 5.41) is 33.5. The van der Waals surface area contributed by atoms with Crippen LogP contribution in [0.15, 0.2) is 9.16 Å². The second-order valence-corrected chi connectivity index (χ2v) is 8.22. The monoisotopic (exact) mass is 540 g/mol. The van der Waals surface area contributed by atoms with Crippen LogP contribution in [0.5, 0.6) is 0 Å². The minimum Gasteiger partial charge on any atom is -0.480 e. The molecule has 0 aliphatic rings. The second-order valence-electron chi connectivity index (χ2n) is 6.74. The lowest BCUT2D eigenvalue weighted by Crippen LogP contribution is -2.53. The van der Waals surface area contributed by atoms with Crippen molar-refractivity contribution >= 4 is 59.5 Å². The Morgan fingerprint density at radius 2 is 1.14 bits per heavy atom. The zero-order chi connectivity index (χ0) is 27.0. The minimum atomic E-state index is -1.63. The van der Waals surface area contributed by atoms with Crippen molar-refractivity contribution < 1.29 is 44.1 Å². The highest BCUT2D eigenvalue weighted by Crippen LogP contribution is 2.08. The lowest BCUT2D eigenvalue weighted by atomic mass is 10.1. The molecule has 8 N–H and O–H groups in total. The molecule has 0 aliphatic carbocycles. The van der Waals surface area contributed by atoms with Gasteiger partial charge in [0.2, 0.25) is 17.7 Å². The van der Waals surface area contributed by atoms with E-state index in [4.69, 9.17) is 15.9 Å². The molecule has 0 unspecified atom stereocenters. The third kappa shape index (κ3) is 13.9. The number of carboxylic acid groups (broad SMARTS) is 3. The molecule has 0 spiro atoms. The van der Waals surface area contributed by atoms with Crippen LogP contribution in [0.4, 0.5) is 0 Å². The number of amides is 3. The number of hydrogen-bond donors (Lipinski definition) is 7. The first kappa shape index (κ1) is 31.7. The van der Waals surface area contributed by atoms with E-state index in [9.17, 15) is 43.7 Å². The number of carbonyl (C=O) groups is 6. The summed E-state index contributed by atoms with van der Waals surface area (Å²) in [6.07, 6.45) is -1.61. The summed E-state index contributed by atoms with van der Waals surface area (Å²) in [6, 6.07) is -5.83. The van der Waals surface area contributed by atoms with Gasteiger partial charge in [0, 0.05) is 57.4 Å². The van der Waals surface area contributed by atoms with Crippen molar-refractivity contribution in [2.24, 2.45) is 14.9 Å². The van der Waals surface area contributed by atoms with E-state index in [2.05, 4.69) is 25.1 Å². The number of rotatable bonds is 19. The Kier molecular flexibility index (Phi) is 15.5. The maximum absolute atomic E-state index is 12.5. The van der Waals surface area contributed by atoms with E-state index in [-0.39, 0.29) is 24.3 Å². The Morgan fingerprint density at radius 1 is 0.686 bits per heavy atom. The molecule has 0 fully saturated rings. The van der Waals surface area contributed by atoms with Crippen molar-refractivity contribution in [1.82, 2.24) is 16.0 Å². The van der Waals surface area contributed by atoms with Crippen molar-refractivity contribution in [3.63, 3.8) is 0 Å². The highest BCUT2D eigenvalue weighted by atomic mass is 32.2. The number of nitrogens with one attached hydrogen (secondary N) is 3. The maximum atomic E-state index is 12.5. The van der Waals surface area contributed by atoms with Crippen LogP contribution in [-0.2, 0) is 28.8 Å². The van der Waals surface area contributed by atoms with Gasteiger partial charge < -0.3 is 37.0 Å². The van der Waals surface area contributed by atoms with Crippen molar-refractivity contribution in [2.75, 3.05) is 11.5 Å². The predicted octanol–water partition coefficient (Wildman–Crippen LogP) is -1.59. The zero-order valence-electron chi connectivity index (χ0n) is 17.9. The molecule has 17 nitrogen and oxygen atoms in total. The van der Waals surface area contributed by atoms with Gasteiger partial charge in [0.05, 0.1) is 0 Å². The fourth-order valence-electron chi connectivity index (χ4n) is 2.32. The third-order valence-electron chi connectivity index (χ3n) is 4.15. The second kappa shape index (κ2) is 17.2. The first-order valence-corrected chi connectivity index (χ1v) is 11.5. The number of nitrogens with zero attached hydrogens (tertiary/aromatic N) is 2. The number of nitroso groups, excluding NO2 is 2. The predicted molar refractivity (Wildman–Crippen MR) is 122 cm³/mol. The van der Waals surface area contributed by atoms with E-state index in [1.54, 1.807) is 0 Å². The molecule has 0 saturated heterocycles. The van der Waals surface area contributed by atoms with E-state index in [1.165, 1.54) is 0 Å². The molecule has 196 valence electrons. The van der Waals surface area contributed by atoms with Gasteiger partial charge in [0.25, 0.3) is 0 Å². The van der Waals surface area contributed by atoms with Crippen LogP contribution < -0.4 is 21.7 Å². The summed E-state index contributed by atoms with van der Waals surface area (Å²) in [6.45, 7) is 0. The molecule has 0 rings (SSSR count). The zero-order valence-corrected chi connectivity index (χ0v) is 19.6. The number of carbonyl (C=O) groups excluding carboxylic acids is 3. The Bertz CT molecular complexity index is 815. The van der Waals surface area contributed by atoms with Gasteiger partial charge in [-0.25, -0.2) is 9.59 Å². The summed E-state index contributed by atoms with van der Waals surface area (Å²) in [4.78, 5) is 90.3. The number of aliphatic carboxylic acids is 3. The van der Waals surface area contributed by atoms with Gasteiger partial charge in [0.1, 0.15) is 24.2 Å². The lowest BCUT2D eigenvalue weighted by molar-refractivity contribution is -0.143. The third-order valence-corrected chi connectivity index (χ3v) is 5.32. The lowest BCUT2D eigenvalue weighted by Gasteiger charge is -2.21. The number of nitrogens with two attached hydrogens (primary N) is 1. The van der Waals surface area contributed by atoms with Crippen molar-refractivity contribution in [3.05, 3.63) is 9.81 Å². The standard InChI is InChI=1S/C16H24N6O11S2/c17-7(14(26)27)1-3-11(23)18-9(5-34-21-32)13(25)20-8(15(28)29)2-4-12(24)19-10(16(30)31)6-35-22-33/h7-10H,1-6,17H2,(H,18,23)(H,19,24)(H,20,25)(H,26,27)(H,28,29)(H,30,31)/t7-,8-,9-,10-/m0/s1. The molecule has 0 saturated carbocycles. The van der Waals surface area contributed by atoms with Crippen LogP contribution in [0.1, 0.15) is 25.7 Å². The Morgan fingerprint density at radius 3 is 1.60 bits per heavy atom. The highest BCUT2D eigenvalue weighted by molar-refractivity contribution is 7.98. The molecule has 0 aromatic carbocycles. The summed E-state index contributed by atoms with van der Waals surface area (Å²) < 4.78 is 4.91. The molecule has 4 atom stereocenters. The van der Waals surface area contributed by atoms with Gasteiger partial charge in [-0.05, 0) is 12.8 Å². The van der Waals surface area contributed by atoms with Crippen LogP contribution in [-0.4, -0.2) is 86.6 Å². The van der Waals surface area contributed by atoms with Gasteiger partial charge in [-0.1, -0.05) is 0 Å². The summed E-state index contributed by atoms with van der Waals surface area (Å²) in [5.41, 5.74) is 5.29. The van der Waals surface area contributed by atoms with Gasteiger partial charge in [0.15, 0.2) is 0 Å². The average Bonchev–Trinajstić information content (AvgIpc) is 2.79.